The summed E-state index contributed by atoms with van der Waals surface area (Å²) in [5, 5.41) is 0. The van der Waals surface area contributed by atoms with E-state index in [1.165, 1.54) is 23.9 Å². The molecule has 6 heteroatoms. The Bertz CT molecular complexity index is 611. The molecular weight excluding hydrogens is 299 g/mol. The largest absolute Gasteiger partial charge is 0.497 e. The molecule has 21 heavy (non-hydrogen) atoms. The van der Waals surface area contributed by atoms with Gasteiger partial charge in [0.1, 0.15) is 5.75 Å². The third kappa shape index (κ3) is 4.07. The maximum Gasteiger partial charge on any atom is 0.416 e. The normalized spacial score (nSPS) is 11.4. The van der Waals surface area contributed by atoms with Crippen LogP contribution in [0.3, 0.4) is 0 Å². The summed E-state index contributed by atoms with van der Waals surface area (Å²) in [6, 6.07) is 11.1. The fourth-order valence-corrected chi connectivity index (χ4v) is 2.72. The van der Waals surface area contributed by atoms with E-state index in [9.17, 15) is 13.2 Å². The van der Waals surface area contributed by atoms with Crippen molar-refractivity contribution in [2.75, 3.05) is 12.8 Å². The zero-order valence-electron chi connectivity index (χ0n) is 11.3. The molecule has 0 unspecified atom stereocenters. The lowest BCUT2D eigenvalue weighted by Gasteiger charge is -2.13. The number of hydrogen-bond acceptors (Lipinski definition) is 3. The number of benzene rings is 2. The predicted molar refractivity (Wildman–Crippen MR) is 78.4 cm³/mol. The van der Waals surface area contributed by atoms with Crippen LogP contribution in [-0.4, -0.2) is 7.11 Å². The smallest absolute Gasteiger partial charge is 0.416 e. The summed E-state index contributed by atoms with van der Waals surface area (Å²) in [5.74, 6) is 0.935. The van der Waals surface area contributed by atoms with Crippen molar-refractivity contribution in [3.8, 4) is 5.75 Å². The lowest BCUT2D eigenvalue weighted by Crippen LogP contribution is -2.09. The molecule has 112 valence electrons. The molecule has 2 nitrogen and oxygen atoms in total. The van der Waals surface area contributed by atoms with E-state index in [1.807, 2.05) is 12.1 Å². The summed E-state index contributed by atoms with van der Waals surface area (Å²) in [4.78, 5) is 0.876. The van der Waals surface area contributed by atoms with Crippen LogP contribution in [0.4, 0.5) is 18.9 Å². The topological polar surface area (TPSA) is 35.2 Å². The number of hydrogen-bond donors (Lipinski definition) is 1. The number of ether oxygens (including phenoxy) is 1. The van der Waals surface area contributed by atoms with Crippen LogP contribution >= 0.6 is 11.8 Å². The van der Waals surface area contributed by atoms with Gasteiger partial charge < -0.3 is 10.5 Å². The number of thioether (sulfide) groups is 1. The van der Waals surface area contributed by atoms with Crippen molar-refractivity contribution in [3.63, 3.8) is 0 Å². The van der Waals surface area contributed by atoms with Crippen molar-refractivity contribution in [2.24, 2.45) is 0 Å². The summed E-state index contributed by atoms with van der Waals surface area (Å²) in [7, 11) is 1.56. The molecule has 0 spiro atoms. The zero-order valence-corrected chi connectivity index (χ0v) is 12.1. The van der Waals surface area contributed by atoms with Gasteiger partial charge in [0.2, 0.25) is 0 Å². The maximum absolute atomic E-state index is 13.0. The van der Waals surface area contributed by atoms with Gasteiger partial charge in [-0.15, -0.1) is 11.8 Å². The molecule has 0 radical (unpaired) electrons. The van der Waals surface area contributed by atoms with Crippen LogP contribution in [0, 0.1) is 0 Å². The van der Waals surface area contributed by atoms with Crippen molar-refractivity contribution in [3.05, 3.63) is 53.6 Å². The highest BCUT2D eigenvalue weighted by Crippen LogP contribution is 2.36. The van der Waals surface area contributed by atoms with E-state index >= 15 is 0 Å². The summed E-state index contributed by atoms with van der Waals surface area (Å²) in [6.45, 7) is 0. The van der Waals surface area contributed by atoms with Gasteiger partial charge in [-0.1, -0.05) is 6.07 Å². The first kappa shape index (κ1) is 15.6. The second-order valence-electron chi connectivity index (χ2n) is 4.38. The van der Waals surface area contributed by atoms with Gasteiger partial charge >= 0.3 is 6.18 Å². The van der Waals surface area contributed by atoms with Crippen LogP contribution < -0.4 is 10.5 Å². The van der Waals surface area contributed by atoms with Crippen LogP contribution in [0.2, 0.25) is 0 Å². The quantitative estimate of drug-likeness (QED) is 0.662. The lowest BCUT2D eigenvalue weighted by atomic mass is 10.1. The van der Waals surface area contributed by atoms with E-state index in [1.54, 1.807) is 19.2 Å². The van der Waals surface area contributed by atoms with E-state index < -0.39 is 11.7 Å². The van der Waals surface area contributed by atoms with Crippen LogP contribution in [-0.2, 0) is 11.9 Å². The van der Waals surface area contributed by atoms with Gasteiger partial charge in [-0.25, -0.2) is 0 Å². The number of methoxy groups -OCH3 is 1. The molecule has 0 fully saturated rings. The van der Waals surface area contributed by atoms with E-state index in [0.29, 0.717) is 5.75 Å². The Labute approximate surface area is 125 Å². The van der Waals surface area contributed by atoms with Crippen LogP contribution in [0.1, 0.15) is 11.1 Å². The van der Waals surface area contributed by atoms with Crippen LogP contribution in [0.15, 0.2) is 47.4 Å². The number of anilines is 1. The molecule has 0 aliphatic rings. The van der Waals surface area contributed by atoms with Gasteiger partial charge in [-0.05, 0) is 42.0 Å². The number of nitrogens with two attached hydrogens (primary N) is 1. The molecular formula is C15H14F3NOS. The number of halogens is 3. The van der Waals surface area contributed by atoms with Crippen molar-refractivity contribution in [1.82, 2.24) is 0 Å². The summed E-state index contributed by atoms with van der Waals surface area (Å²) in [6.07, 6.45) is -4.40. The van der Waals surface area contributed by atoms with E-state index in [0.717, 1.165) is 11.0 Å². The van der Waals surface area contributed by atoms with Crippen molar-refractivity contribution in [1.29, 1.82) is 0 Å². The summed E-state index contributed by atoms with van der Waals surface area (Å²) >= 11 is 1.33. The number of alkyl halides is 3. The first-order chi connectivity index (χ1) is 9.90. The van der Waals surface area contributed by atoms with E-state index in [-0.39, 0.29) is 17.0 Å². The molecule has 0 bridgehead atoms. The second kappa shape index (κ2) is 6.30. The van der Waals surface area contributed by atoms with Gasteiger partial charge in [0.15, 0.2) is 0 Å². The van der Waals surface area contributed by atoms with Gasteiger partial charge in [0, 0.05) is 16.3 Å². The highest BCUT2D eigenvalue weighted by molar-refractivity contribution is 7.98. The number of nitrogen functional groups attached to an aromatic ring is 1. The molecule has 2 aromatic rings. The molecule has 0 aliphatic carbocycles. The Balaban J connectivity index is 2.15. The first-order valence-corrected chi connectivity index (χ1v) is 7.11. The fourth-order valence-electron chi connectivity index (χ4n) is 1.82. The van der Waals surface area contributed by atoms with E-state index in [2.05, 4.69) is 0 Å². The summed E-state index contributed by atoms with van der Waals surface area (Å²) < 4.78 is 44.0. The van der Waals surface area contributed by atoms with Gasteiger partial charge in [-0.3, -0.25) is 0 Å². The van der Waals surface area contributed by atoms with Crippen LogP contribution in [0.25, 0.3) is 0 Å². The molecule has 0 heterocycles. The Morgan fingerprint density at radius 2 is 1.76 bits per heavy atom. The Kier molecular flexibility index (Phi) is 4.67. The minimum Gasteiger partial charge on any atom is -0.497 e. The van der Waals surface area contributed by atoms with Crippen molar-refractivity contribution >= 4 is 17.4 Å². The van der Waals surface area contributed by atoms with Gasteiger partial charge in [-0.2, -0.15) is 13.2 Å². The highest BCUT2D eigenvalue weighted by atomic mass is 32.2. The second-order valence-corrected chi connectivity index (χ2v) is 5.43. The molecule has 2 N–H and O–H groups in total. The van der Waals surface area contributed by atoms with Crippen molar-refractivity contribution < 1.29 is 17.9 Å². The molecule has 2 aromatic carbocycles. The first-order valence-electron chi connectivity index (χ1n) is 6.12. The average Bonchev–Trinajstić information content (AvgIpc) is 2.45. The predicted octanol–water partition coefficient (Wildman–Crippen LogP) is 4.59. The standard InChI is InChI=1S/C15H14F3NOS/c1-20-12-4-6-13(7-5-12)21-9-10-2-3-11(19)8-14(10)15(16,17)18/h2-8H,9,19H2,1H3. The third-order valence-electron chi connectivity index (χ3n) is 2.89. The fraction of sp³-hybridized carbons (Fsp3) is 0.200. The maximum atomic E-state index is 13.0. The van der Waals surface area contributed by atoms with Crippen LogP contribution in [0.5, 0.6) is 5.75 Å². The summed E-state index contributed by atoms with van der Waals surface area (Å²) in [5.41, 5.74) is 5.10. The Morgan fingerprint density at radius 3 is 2.33 bits per heavy atom. The molecule has 2 rings (SSSR count). The van der Waals surface area contributed by atoms with E-state index in [4.69, 9.17) is 10.5 Å². The molecule has 0 atom stereocenters. The minimum absolute atomic E-state index is 0.112. The van der Waals surface area contributed by atoms with Gasteiger partial charge in [0.25, 0.3) is 0 Å². The number of rotatable bonds is 4. The monoisotopic (exact) mass is 313 g/mol. The molecule has 0 aromatic heterocycles. The zero-order chi connectivity index (χ0) is 15.5. The van der Waals surface area contributed by atoms with Gasteiger partial charge in [0.05, 0.1) is 12.7 Å². The Hall–Kier alpha value is -1.82. The molecule has 0 saturated carbocycles. The average molecular weight is 313 g/mol. The minimum atomic E-state index is -4.40. The SMILES string of the molecule is COc1ccc(SCc2ccc(N)cc2C(F)(F)F)cc1. The molecule has 0 amide bonds. The highest BCUT2D eigenvalue weighted by Gasteiger charge is 2.33. The molecule has 0 saturated heterocycles. The Morgan fingerprint density at radius 1 is 1.10 bits per heavy atom. The molecule has 0 aliphatic heterocycles. The lowest BCUT2D eigenvalue weighted by molar-refractivity contribution is -0.138. The third-order valence-corrected chi connectivity index (χ3v) is 3.95. The van der Waals surface area contributed by atoms with Crippen molar-refractivity contribution in [2.45, 2.75) is 16.8 Å².